The molecule has 5 heteroatoms. The number of hydrazone groups is 1. The molecule has 23 heavy (non-hydrogen) atoms. The molecule has 0 heterocycles. The molecule has 0 aliphatic heterocycles. The lowest BCUT2D eigenvalue weighted by Gasteiger charge is -2.55. The number of hydrogen-bond donors (Lipinski definition) is 1. The molecule has 3 nitrogen and oxygen atoms in total. The van der Waals surface area contributed by atoms with Crippen molar-refractivity contribution >= 4 is 12.1 Å². The molecule has 0 unspecified atom stereocenters. The van der Waals surface area contributed by atoms with Gasteiger partial charge in [0.15, 0.2) is 0 Å². The van der Waals surface area contributed by atoms with E-state index >= 15 is 0 Å². The Kier molecular flexibility index (Phi) is 3.47. The molecule has 0 radical (unpaired) electrons. The zero-order chi connectivity index (χ0) is 16.0. The quantitative estimate of drug-likeness (QED) is 0.671. The van der Waals surface area contributed by atoms with E-state index < -0.39 is 11.6 Å². The van der Waals surface area contributed by atoms with E-state index in [1.54, 1.807) is 0 Å². The predicted octanol–water partition coefficient (Wildman–Crippen LogP) is 3.63. The molecule has 4 aliphatic carbocycles. The Labute approximate surface area is 134 Å². The number of hydrogen-bond acceptors (Lipinski definition) is 2. The van der Waals surface area contributed by atoms with Gasteiger partial charge in [-0.05, 0) is 68.4 Å². The average molecular weight is 318 g/mol. The molecule has 0 spiro atoms. The summed E-state index contributed by atoms with van der Waals surface area (Å²) in [5, 5.41) is 3.90. The smallest absolute Gasteiger partial charge is 0.246 e. The molecule has 122 valence electrons. The number of carbonyl (C=O) groups excluding carboxylic acids is 1. The van der Waals surface area contributed by atoms with Crippen molar-refractivity contribution in [1.29, 1.82) is 0 Å². The molecule has 0 aromatic heterocycles. The number of carbonyl (C=O) groups is 1. The Balaban J connectivity index is 1.45. The Morgan fingerprint density at radius 3 is 2.30 bits per heavy atom. The summed E-state index contributed by atoms with van der Waals surface area (Å²) in [5.41, 5.74) is 2.49. The summed E-state index contributed by atoms with van der Waals surface area (Å²) in [6, 6.07) is 3.29. The van der Waals surface area contributed by atoms with E-state index in [4.69, 9.17) is 0 Å². The minimum absolute atomic E-state index is 0.0321. The van der Waals surface area contributed by atoms with Crippen molar-refractivity contribution in [2.75, 3.05) is 0 Å². The van der Waals surface area contributed by atoms with E-state index in [0.29, 0.717) is 17.8 Å². The topological polar surface area (TPSA) is 41.5 Å². The molecule has 4 bridgehead atoms. The Bertz CT molecular complexity index is 636. The summed E-state index contributed by atoms with van der Waals surface area (Å²) in [6.45, 7) is 0. The van der Waals surface area contributed by atoms with Crippen LogP contribution >= 0.6 is 0 Å². The maximum atomic E-state index is 13.5. The maximum Gasteiger partial charge on any atom is 0.246 e. The van der Waals surface area contributed by atoms with Crippen molar-refractivity contribution in [1.82, 2.24) is 5.43 Å². The van der Waals surface area contributed by atoms with Crippen LogP contribution in [0.2, 0.25) is 0 Å². The minimum atomic E-state index is -0.683. The highest BCUT2D eigenvalue weighted by Crippen LogP contribution is 2.60. The third kappa shape index (κ3) is 2.66. The summed E-state index contributed by atoms with van der Waals surface area (Å²) in [4.78, 5) is 12.6. The average Bonchev–Trinajstić information content (AvgIpc) is 2.48. The molecular weight excluding hydrogens is 298 g/mol. The SMILES string of the molecule is O=C(NN=Cc1ccc(F)cc1F)C12CC3CC(CC(C3)C1)C2. The number of nitrogens with zero attached hydrogens (tertiary/aromatic N) is 1. The fourth-order valence-corrected chi connectivity index (χ4v) is 5.27. The maximum absolute atomic E-state index is 13.5. The first-order valence-corrected chi connectivity index (χ1v) is 8.33. The van der Waals surface area contributed by atoms with E-state index in [1.165, 1.54) is 37.6 Å². The number of rotatable bonds is 3. The van der Waals surface area contributed by atoms with Crippen LogP contribution in [0.3, 0.4) is 0 Å². The molecule has 1 aromatic rings. The number of amides is 1. The van der Waals surface area contributed by atoms with Gasteiger partial charge in [0.05, 0.1) is 11.6 Å². The van der Waals surface area contributed by atoms with Crippen LogP contribution in [0.1, 0.15) is 44.1 Å². The summed E-state index contributed by atoms with van der Waals surface area (Å²) in [5.74, 6) is 0.715. The van der Waals surface area contributed by atoms with Gasteiger partial charge in [-0.25, -0.2) is 14.2 Å². The van der Waals surface area contributed by atoms with Gasteiger partial charge in [-0.1, -0.05) is 0 Å². The second-order valence-corrected chi connectivity index (χ2v) is 7.56. The van der Waals surface area contributed by atoms with Crippen molar-refractivity contribution in [2.24, 2.45) is 28.3 Å². The van der Waals surface area contributed by atoms with Crippen LogP contribution in [0.25, 0.3) is 0 Å². The van der Waals surface area contributed by atoms with Crippen LogP contribution in [-0.2, 0) is 4.79 Å². The van der Waals surface area contributed by atoms with Crippen LogP contribution in [0.4, 0.5) is 8.78 Å². The van der Waals surface area contributed by atoms with Gasteiger partial charge in [-0.2, -0.15) is 5.10 Å². The number of nitrogens with one attached hydrogen (secondary N) is 1. The minimum Gasteiger partial charge on any atom is -0.273 e. The van der Waals surface area contributed by atoms with Gasteiger partial charge in [-0.3, -0.25) is 4.79 Å². The Hall–Kier alpha value is -1.78. The first-order valence-electron chi connectivity index (χ1n) is 8.33. The lowest BCUT2D eigenvalue weighted by Crippen LogP contribution is -2.52. The van der Waals surface area contributed by atoms with E-state index in [1.807, 2.05) is 0 Å². The van der Waals surface area contributed by atoms with Gasteiger partial charge in [-0.15, -0.1) is 0 Å². The second-order valence-electron chi connectivity index (χ2n) is 7.56. The first-order chi connectivity index (χ1) is 11.0. The normalized spacial score (nSPS) is 35.0. The van der Waals surface area contributed by atoms with E-state index in [9.17, 15) is 13.6 Å². The molecule has 0 atom stereocenters. The van der Waals surface area contributed by atoms with Gasteiger partial charge >= 0.3 is 0 Å². The van der Waals surface area contributed by atoms with E-state index in [-0.39, 0.29) is 16.9 Å². The molecule has 4 saturated carbocycles. The fraction of sp³-hybridized carbons (Fsp3) is 0.556. The van der Waals surface area contributed by atoms with Gasteiger partial charge in [0, 0.05) is 11.6 Å². The number of benzene rings is 1. The van der Waals surface area contributed by atoms with Crippen molar-refractivity contribution in [3.05, 3.63) is 35.4 Å². The standard InChI is InChI=1S/C18H20F2N2O/c19-15-2-1-14(16(20)6-15)10-21-22-17(23)18-7-11-3-12(8-18)5-13(4-11)9-18/h1-2,6,10-13H,3-5,7-9H2,(H,22,23). The lowest BCUT2D eigenvalue weighted by atomic mass is 9.49. The van der Waals surface area contributed by atoms with E-state index in [2.05, 4.69) is 10.5 Å². The fourth-order valence-electron chi connectivity index (χ4n) is 5.27. The number of halogens is 2. The molecular formula is C18H20F2N2O. The highest BCUT2D eigenvalue weighted by molar-refractivity contribution is 5.85. The monoisotopic (exact) mass is 318 g/mol. The van der Waals surface area contributed by atoms with Gasteiger partial charge in [0.1, 0.15) is 11.6 Å². The third-order valence-corrected chi connectivity index (χ3v) is 5.85. The predicted molar refractivity (Wildman–Crippen MR) is 82.7 cm³/mol. The molecule has 5 rings (SSSR count). The zero-order valence-corrected chi connectivity index (χ0v) is 12.9. The summed E-state index contributed by atoms with van der Waals surface area (Å²) in [6.07, 6.45) is 7.96. The van der Waals surface area contributed by atoms with Crippen LogP contribution < -0.4 is 5.43 Å². The van der Waals surface area contributed by atoms with Crippen LogP contribution in [0.15, 0.2) is 23.3 Å². The van der Waals surface area contributed by atoms with Gasteiger partial charge < -0.3 is 0 Å². The van der Waals surface area contributed by atoms with Crippen LogP contribution in [0.5, 0.6) is 0 Å². The third-order valence-electron chi connectivity index (χ3n) is 5.85. The first kappa shape index (κ1) is 14.8. The van der Waals surface area contributed by atoms with Gasteiger partial charge in [0.25, 0.3) is 0 Å². The van der Waals surface area contributed by atoms with Crippen molar-refractivity contribution in [2.45, 2.75) is 38.5 Å². The second kappa shape index (κ2) is 5.39. The lowest BCUT2D eigenvalue weighted by molar-refractivity contribution is -0.146. The molecule has 1 N–H and O–H groups in total. The van der Waals surface area contributed by atoms with Gasteiger partial charge in [0.2, 0.25) is 5.91 Å². The van der Waals surface area contributed by atoms with Crippen LogP contribution in [-0.4, -0.2) is 12.1 Å². The largest absolute Gasteiger partial charge is 0.273 e. The van der Waals surface area contributed by atoms with E-state index in [0.717, 1.165) is 25.3 Å². The molecule has 4 fully saturated rings. The molecule has 1 aromatic carbocycles. The zero-order valence-electron chi connectivity index (χ0n) is 12.9. The molecule has 4 aliphatic rings. The van der Waals surface area contributed by atoms with Crippen molar-refractivity contribution < 1.29 is 13.6 Å². The summed E-state index contributed by atoms with van der Waals surface area (Å²) < 4.78 is 26.4. The molecule has 1 amide bonds. The van der Waals surface area contributed by atoms with Crippen LogP contribution in [0, 0.1) is 34.8 Å². The Morgan fingerprint density at radius 2 is 1.74 bits per heavy atom. The summed E-state index contributed by atoms with van der Waals surface area (Å²) in [7, 11) is 0. The highest BCUT2D eigenvalue weighted by atomic mass is 19.1. The summed E-state index contributed by atoms with van der Waals surface area (Å²) >= 11 is 0. The van der Waals surface area contributed by atoms with Crippen molar-refractivity contribution in [3.8, 4) is 0 Å². The molecule has 0 saturated heterocycles. The highest BCUT2D eigenvalue weighted by Gasteiger charge is 2.54. The Morgan fingerprint density at radius 1 is 1.13 bits per heavy atom. The van der Waals surface area contributed by atoms with Crippen molar-refractivity contribution in [3.63, 3.8) is 0 Å².